The first-order valence-corrected chi connectivity index (χ1v) is 2.10. The fourth-order valence-electron chi connectivity index (χ4n) is 0.145. The van der Waals surface area contributed by atoms with Crippen LogP contribution in [0, 0.1) is 0 Å². The molecule has 54 valence electrons. The van der Waals surface area contributed by atoms with Crippen LogP contribution in [0.2, 0.25) is 0 Å². The van der Waals surface area contributed by atoms with Crippen molar-refractivity contribution in [3.63, 3.8) is 0 Å². The molecule has 4 nitrogen and oxygen atoms in total. The molecule has 0 saturated heterocycles. The maximum Gasteiger partial charge on any atom is 2.00 e. The average molecular weight is 175 g/mol. The van der Waals surface area contributed by atoms with Crippen LogP contribution in [0.1, 0.15) is 13.8 Å². The van der Waals surface area contributed by atoms with Gasteiger partial charge < -0.3 is 10.4 Å². The minimum Gasteiger partial charge on any atom is -0.411 e. The molecule has 2 N–H and O–H groups in total. The molecule has 0 spiro atoms. The standard InChI is InChI=1S/C4H8N2O2.Ni/c1-3(5-7)4(2)6-8;/h7-8H,1-2H3;/q;+2. The van der Waals surface area contributed by atoms with Gasteiger partial charge in [0.1, 0.15) is 11.4 Å². The first kappa shape index (κ1) is 11.3. The van der Waals surface area contributed by atoms with Crippen LogP contribution in [0.15, 0.2) is 10.3 Å². The molecule has 0 amide bonds. The van der Waals surface area contributed by atoms with Crippen LogP contribution in [0.5, 0.6) is 0 Å². The van der Waals surface area contributed by atoms with E-state index >= 15 is 0 Å². The molecule has 0 saturated carbocycles. The van der Waals surface area contributed by atoms with E-state index in [0.717, 1.165) is 0 Å². The molecule has 5 heteroatoms. The molecule has 0 aromatic heterocycles. The summed E-state index contributed by atoms with van der Waals surface area (Å²) >= 11 is 0. The molecular weight excluding hydrogens is 167 g/mol. The van der Waals surface area contributed by atoms with E-state index in [4.69, 9.17) is 10.4 Å². The Hall–Kier alpha value is -0.566. The Morgan fingerprint density at radius 1 is 1.00 bits per heavy atom. The minimum atomic E-state index is 0. The number of hydrogen-bond donors (Lipinski definition) is 2. The topological polar surface area (TPSA) is 65.2 Å². The summed E-state index contributed by atoms with van der Waals surface area (Å²) in [5.41, 5.74) is 0.625. The van der Waals surface area contributed by atoms with Gasteiger partial charge in [-0.1, -0.05) is 10.3 Å². The number of hydrogen-bond acceptors (Lipinski definition) is 4. The SMILES string of the molecule is CC(=NO)C(C)=NO.[Ni+2]. The van der Waals surface area contributed by atoms with Crippen molar-refractivity contribution in [3.8, 4) is 0 Å². The molecule has 0 unspecified atom stereocenters. The van der Waals surface area contributed by atoms with Gasteiger partial charge in [-0.25, -0.2) is 0 Å². The summed E-state index contributed by atoms with van der Waals surface area (Å²) in [4.78, 5) is 0. The van der Waals surface area contributed by atoms with Crippen molar-refractivity contribution in [3.05, 3.63) is 0 Å². The van der Waals surface area contributed by atoms with E-state index < -0.39 is 0 Å². The van der Waals surface area contributed by atoms with Crippen LogP contribution in [0.3, 0.4) is 0 Å². The van der Waals surface area contributed by atoms with Crippen molar-refractivity contribution in [1.82, 2.24) is 0 Å². The maximum absolute atomic E-state index is 8.03. The molecule has 0 radical (unpaired) electrons. The fourth-order valence-corrected chi connectivity index (χ4v) is 0.145. The molecule has 0 rings (SSSR count). The number of rotatable bonds is 1. The third-order valence-corrected chi connectivity index (χ3v) is 0.824. The molecule has 9 heavy (non-hydrogen) atoms. The summed E-state index contributed by atoms with van der Waals surface area (Å²) in [7, 11) is 0. The van der Waals surface area contributed by atoms with E-state index in [1.807, 2.05) is 0 Å². The molecule has 0 heterocycles. The Morgan fingerprint density at radius 3 is 1.33 bits per heavy atom. The van der Waals surface area contributed by atoms with Crippen molar-refractivity contribution in [2.45, 2.75) is 13.8 Å². The van der Waals surface area contributed by atoms with Gasteiger partial charge >= 0.3 is 16.5 Å². The molecule has 0 bridgehead atoms. The second-order valence-corrected chi connectivity index (χ2v) is 1.37. The number of nitrogens with zero attached hydrogens (tertiary/aromatic N) is 2. The molecule has 0 fully saturated rings. The van der Waals surface area contributed by atoms with Gasteiger partial charge in [-0.3, -0.25) is 0 Å². The van der Waals surface area contributed by atoms with Crippen LogP contribution in [0.4, 0.5) is 0 Å². The third kappa shape index (κ3) is 3.97. The quantitative estimate of drug-likeness (QED) is 0.266. The predicted octanol–water partition coefficient (Wildman–Crippen LogP) is 0.684. The van der Waals surface area contributed by atoms with Crippen LogP contribution >= 0.6 is 0 Å². The van der Waals surface area contributed by atoms with Crippen LogP contribution in [-0.4, -0.2) is 21.8 Å². The molecule has 0 aliphatic carbocycles. The van der Waals surface area contributed by atoms with Crippen molar-refractivity contribution < 1.29 is 26.9 Å². The first-order valence-electron chi connectivity index (χ1n) is 2.10. The normalized spacial score (nSPS) is 12.7. The van der Waals surface area contributed by atoms with Crippen molar-refractivity contribution in [1.29, 1.82) is 0 Å². The zero-order valence-electron chi connectivity index (χ0n) is 5.11. The Morgan fingerprint density at radius 2 is 1.22 bits per heavy atom. The largest absolute Gasteiger partial charge is 2.00 e. The van der Waals surface area contributed by atoms with Crippen LogP contribution in [0.25, 0.3) is 0 Å². The predicted molar refractivity (Wildman–Crippen MR) is 29.8 cm³/mol. The fraction of sp³-hybridized carbons (Fsp3) is 0.500. The Kier molecular flexibility index (Phi) is 6.97. The second-order valence-electron chi connectivity index (χ2n) is 1.37. The van der Waals surface area contributed by atoms with Crippen LogP contribution < -0.4 is 0 Å². The summed E-state index contributed by atoms with van der Waals surface area (Å²) in [6.45, 7) is 3.07. The van der Waals surface area contributed by atoms with E-state index in [0.29, 0.717) is 11.4 Å². The molecule has 0 atom stereocenters. The number of oxime groups is 2. The summed E-state index contributed by atoms with van der Waals surface area (Å²) < 4.78 is 0. The zero-order valence-corrected chi connectivity index (χ0v) is 6.09. The maximum atomic E-state index is 8.03. The van der Waals surface area contributed by atoms with E-state index in [2.05, 4.69) is 10.3 Å². The summed E-state index contributed by atoms with van der Waals surface area (Å²) in [5, 5.41) is 21.6. The van der Waals surface area contributed by atoms with Gasteiger partial charge in [0.25, 0.3) is 0 Å². The summed E-state index contributed by atoms with van der Waals surface area (Å²) in [6, 6.07) is 0. The molecule has 0 aliphatic heterocycles. The molecule has 0 aromatic rings. The molecule has 0 aromatic carbocycles. The Bertz CT molecular complexity index is 117. The van der Waals surface area contributed by atoms with E-state index in [1.54, 1.807) is 0 Å². The summed E-state index contributed by atoms with van der Waals surface area (Å²) in [6.07, 6.45) is 0. The van der Waals surface area contributed by atoms with Gasteiger partial charge in [-0.05, 0) is 13.8 Å². The monoisotopic (exact) mass is 174 g/mol. The van der Waals surface area contributed by atoms with Crippen LogP contribution in [-0.2, 0) is 16.5 Å². The molecular formula is C4H8N2NiO2+2. The van der Waals surface area contributed by atoms with Gasteiger partial charge in [-0.15, -0.1) is 0 Å². The average Bonchev–Trinajstić information content (AvgIpc) is 1.84. The summed E-state index contributed by atoms with van der Waals surface area (Å²) in [5.74, 6) is 0. The Labute approximate surface area is 63.2 Å². The van der Waals surface area contributed by atoms with Crippen molar-refractivity contribution >= 4 is 11.4 Å². The van der Waals surface area contributed by atoms with Gasteiger partial charge in [0.05, 0.1) is 0 Å². The Balaban J connectivity index is 0. The van der Waals surface area contributed by atoms with Crippen molar-refractivity contribution in [2.75, 3.05) is 0 Å². The molecule has 0 aliphatic rings. The van der Waals surface area contributed by atoms with Gasteiger partial charge in [0, 0.05) is 0 Å². The first-order chi connectivity index (χ1) is 3.72. The third-order valence-electron chi connectivity index (χ3n) is 0.824. The smallest absolute Gasteiger partial charge is 0.411 e. The van der Waals surface area contributed by atoms with E-state index in [-0.39, 0.29) is 16.5 Å². The minimum absolute atomic E-state index is 0. The van der Waals surface area contributed by atoms with Gasteiger partial charge in [0.2, 0.25) is 0 Å². The van der Waals surface area contributed by atoms with Gasteiger partial charge in [-0.2, -0.15) is 0 Å². The second kappa shape index (κ2) is 5.57. The van der Waals surface area contributed by atoms with Gasteiger partial charge in [0.15, 0.2) is 0 Å². The van der Waals surface area contributed by atoms with Crippen molar-refractivity contribution in [2.24, 2.45) is 10.3 Å². The zero-order chi connectivity index (χ0) is 6.57. The van der Waals surface area contributed by atoms with E-state index in [1.165, 1.54) is 13.8 Å². The van der Waals surface area contributed by atoms with E-state index in [9.17, 15) is 0 Å².